The molecule has 3 nitrogen and oxygen atoms in total. The van der Waals surface area contributed by atoms with Gasteiger partial charge in [-0.05, 0) is 40.5 Å². The molecule has 114 valence electrons. The van der Waals surface area contributed by atoms with E-state index in [2.05, 4.69) is 48.2 Å². The quantitative estimate of drug-likeness (QED) is 0.865. The van der Waals surface area contributed by atoms with Crippen LogP contribution in [0.1, 0.15) is 39.9 Å². The first-order valence-corrected chi connectivity index (χ1v) is 7.87. The summed E-state index contributed by atoms with van der Waals surface area (Å²) in [4.78, 5) is 4.75. The number of nitrogens with two attached hydrogens (primary N) is 1. The van der Waals surface area contributed by atoms with Crippen LogP contribution in [-0.2, 0) is 12.0 Å². The fraction of sp³-hybridized carbons (Fsp3) is 0.438. The van der Waals surface area contributed by atoms with Crippen LogP contribution in [0.4, 0.5) is 10.2 Å². The fourth-order valence-electron chi connectivity index (χ4n) is 2.37. The number of nitrogens with zero attached hydrogens (tertiary/aromatic N) is 2. The van der Waals surface area contributed by atoms with Crippen LogP contribution >= 0.6 is 15.9 Å². The molecule has 0 bridgehead atoms. The van der Waals surface area contributed by atoms with Crippen molar-refractivity contribution >= 4 is 21.7 Å². The molecule has 0 unspecified atom stereocenters. The summed E-state index contributed by atoms with van der Waals surface area (Å²) in [7, 11) is 0. The number of anilines is 1. The predicted molar refractivity (Wildman–Crippen MR) is 88.7 cm³/mol. The molecule has 1 aromatic heterocycles. The second-order valence-corrected chi connectivity index (χ2v) is 7.05. The summed E-state index contributed by atoms with van der Waals surface area (Å²) >= 11 is 3.40. The van der Waals surface area contributed by atoms with E-state index in [4.69, 9.17) is 10.7 Å². The molecule has 2 rings (SSSR count). The van der Waals surface area contributed by atoms with Crippen molar-refractivity contribution in [1.29, 1.82) is 0 Å². The monoisotopic (exact) mass is 353 g/mol. The van der Waals surface area contributed by atoms with Crippen molar-refractivity contribution in [3.63, 3.8) is 0 Å². The van der Waals surface area contributed by atoms with Gasteiger partial charge in [0.1, 0.15) is 23.2 Å². The van der Waals surface area contributed by atoms with Gasteiger partial charge in [0.05, 0.1) is 0 Å². The van der Waals surface area contributed by atoms with Crippen LogP contribution in [0, 0.1) is 5.82 Å². The summed E-state index contributed by atoms with van der Waals surface area (Å²) in [5.41, 5.74) is 7.73. The summed E-state index contributed by atoms with van der Waals surface area (Å²) in [5, 5.41) is 0. The average Bonchev–Trinajstić information content (AvgIpc) is 2.68. The van der Waals surface area contributed by atoms with Crippen LogP contribution in [0.3, 0.4) is 0 Å². The molecule has 0 fully saturated rings. The SMILES string of the molecule is CCCn1c(C(C)(C)C)nc(-c2ccc(F)cc2Br)c1N. The molecular weight excluding hydrogens is 333 g/mol. The minimum Gasteiger partial charge on any atom is -0.383 e. The fourth-order valence-corrected chi connectivity index (χ4v) is 2.91. The molecule has 2 aromatic rings. The second-order valence-electron chi connectivity index (χ2n) is 6.20. The predicted octanol–water partition coefficient (Wildman–Crippen LogP) is 4.74. The Balaban J connectivity index is 2.65. The maximum atomic E-state index is 13.3. The van der Waals surface area contributed by atoms with Crippen molar-refractivity contribution in [1.82, 2.24) is 9.55 Å². The molecule has 0 spiro atoms. The summed E-state index contributed by atoms with van der Waals surface area (Å²) in [5.74, 6) is 1.30. The highest BCUT2D eigenvalue weighted by Crippen LogP contribution is 2.35. The van der Waals surface area contributed by atoms with Crippen molar-refractivity contribution in [3.05, 3.63) is 34.3 Å². The van der Waals surface area contributed by atoms with Gasteiger partial charge in [0.2, 0.25) is 0 Å². The number of benzene rings is 1. The van der Waals surface area contributed by atoms with Gasteiger partial charge in [-0.2, -0.15) is 0 Å². The Hall–Kier alpha value is -1.36. The molecule has 0 atom stereocenters. The van der Waals surface area contributed by atoms with Gasteiger partial charge in [-0.3, -0.25) is 0 Å². The minimum atomic E-state index is -0.284. The van der Waals surface area contributed by atoms with E-state index >= 15 is 0 Å². The molecule has 21 heavy (non-hydrogen) atoms. The topological polar surface area (TPSA) is 43.8 Å². The normalized spacial score (nSPS) is 11.9. The summed E-state index contributed by atoms with van der Waals surface area (Å²) in [6.07, 6.45) is 0.980. The molecule has 0 aliphatic rings. The Morgan fingerprint density at radius 2 is 2.00 bits per heavy atom. The van der Waals surface area contributed by atoms with Crippen LogP contribution in [0.2, 0.25) is 0 Å². The molecule has 0 amide bonds. The third-order valence-electron chi connectivity index (χ3n) is 3.31. The Kier molecular flexibility index (Phi) is 4.42. The Bertz CT molecular complexity index is 656. The molecule has 0 aliphatic carbocycles. The third kappa shape index (κ3) is 3.12. The highest BCUT2D eigenvalue weighted by molar-refractivity contribution is 9.10. The van der Waals surface area contributed by atoms with Gasteiger partial charge in [0.15, 0.2) is 0 Å². The molecule has 1 heterocycles. The molecule has 5 heteroatoms. The van der Waals surface area contributed by atoms with E-state index in [0.29, 0.717) is 16.0 Å². The van der Waals surface area contributed by atoms with Crippen molar-refractivity contribution in [2.45, 2.75) is 46.1 Å². The number of rotatable bonds is 3. The first-order chi connectivity index (χ1) is 9.75. The number of halogens is 2. The summed E-state index contributed by atoms with van der Waals surface area (Å²) in [6.45, 7) is 9.28. The van der Waals surface area contributed by atoms with E-state index in [1.807, 2.05) is 0 Å². The van der Waals surface area contributed by atoms with Gasteiger partial charge >= 0.3 is 0 Å². The van der Waals surface area contributed by atoms with Gasteiger partial charge in [0.25, 0.3) is 0 Å². The Labute approximate surface area is 133 Å². The highest BCUT2D eigenvalue weighted by atomic mass is 79.9. The van der Waals surface area contributed by atoms with Crippen molar-refractivity contribution in [3.8, 4) is 11.3 Å². The number of nitrogen functional groups attached to an aromatic ring is 1. The molecule has 0 saturated heterocycles. The second kappa shape index (κ2) is 5.79. The minimum absolute atomic E-state index is 0.103. The molecule has 1 aromatic carbocycles. The van der Waals surface area contributed by atoms with E-state index in [1.54, 1.807) is 6.07 Å². The Morgan fingerprint density at radius 3 is 2.52 bits per heavy atom. The van der Waals surface area contributed by atoms with Crippen LogP contribution in [-0.4, -0.2) is 9.55 Å². The van der Waals surface area contributed by atoms with Crippen LogP contribution in [0.15, 0.2) is 22.7 Å². The summed E-state index contributed by atoms with van der Waals surface area (Å²) < 4.78 is 16.0. The lowest BCUT2D eigenvalue weighted by molar-refractivity contribution is 0.498. The highest BCUT2D eigenvalue weighted by Gasteiger charge is 2.25. The van der Waals surface area contributed by atoms with E-state index in [1.165, 1.54) is 12.1 Å². The molecule has 2 N–H and O–H groups in total. The third-order valence-corrected chi connectivity index (χ3v) is 3.97. The van der Waals surface area contributed by atoms with E-state index in [0.717, 1.165) is 24.4 Å². The number of hydrogen-bond donors (Lipinski definition) is 1. The van der Waals surface area contributed by atoms with Gasteiger partial charge in [-0.1, -0.05) is 27.7 Å². The lowest BCUT2D eigenvalue weighted by Crippen LogP contribution is -2.19. The zero-order valence-corrected chi connectivity index (χ0v) is 14.5. The van der Waals surface area contributed by atoms with Gasteiger partial charge in [0, 0.05) is 22.0 Å². The first-order valence-electron chi connectivity index (χ1n) is 7.07. The summed E-state index contributed by atoms with van der Waals surface area (Å²) in [6, 6.07) is 4.57. The zero-order chi connectivity index (χ0) is 15.8. The zero-order valence-electron chi connectivity index (χ0n) is 12.9. The number of imidazole rings is 1. The standard InChI is InChI=1S/C16H21BrFN3/c1-5-8-21-14(19)13(20-15(21)16(2,3)4)11-7-6-10(18)9-12(11)17/h6-7,9H,5,8,19H2,1-4H3. The van der Waals surface area contributed by atoms with E-state index in [9.17, 15) is 4.39 Å². The molecule has 0 aliphatic heterocycles. The largest absolute Gasteiger partial charge is 0.383 e. The lowest BCUT2D eigenvalue weighted by Gasteiger charge is -2.19. The van der Waals surface area contributed by atoms with Crippen molar-refractivity contribution < 1.29 is 4.39 Å². The maximum absolute atomic E-state index is 13.3. The van der Waals surface area contributed by atoms with Crippen LogP contribution in [0.25, 0.3) is 11.3 Å². The first kappa shape index (κ1) is 16.0. The van der Waals surface area contributed by atoms with Crippen molar-refractivity contribution in [2.75, 3.05) is 5.73 Å². The van der Waals surface area contributed by atoms with Gasteiger partial charge in [-0.15, -0.1) is 0 Å². The number of hydrogen-bond acceptors (Lipinski definition) is 2. The Morgan fingerprint density at radius 1 is 1.33 bits per heavy atom. The molecule has 0 saturated carbocycles. The number of aromatic nitrogens is 2. The van der Waals surface area contributed by atoms with Crippen LogP contribution < -0.4 is 5.73 Å². The smallest absolute Gasteiger partial charge is 0.131 e. The van der Waals surface area contributed by atoms with E-state index < -0.39 is 0 Å². The van der Waals surface area contributed by atoms with Crippen molar-refractivity contribution in [2.24, 2.45) is 0 Å². The average molecular weight is 354 g/mol. The maximum Gasteiger partial charge on any atom is 0.131 e. The molecule has 0 radical (unpaired) electrons. The van der Waals surface area contributed by atoms with Crippen LogP contribution in [0.5, 0.6) is 0 Å². The lowest BCUT2D eigenvalue weighted by atomic mass is 9.95. The van der Waals surface area contributed by atoms with Gasteiger partial charge < -0.3 is 10.3 Å². The van der Waals surface area contributed by atoms with E-state index in [-0.39, 0.29) is 11.2 Å². The molecular formula is C16H21BrFN3. The van der Waals surface area contributed by atoms with Gasteiger partial charge in [-0.25, -0.2) is 9.37 Å².